The van der Waals surface area contributed by atoms with E-state index in [2.05, 4.69) is 5.32 Å². The van der Waals surface area contributed by atoms with Gasteiger partial charge in [-0.15, -0.1) is 0 Å². The molecule has 1 aliphatic heterocycles. The lowest BCUT2D eigenvalue weighted by Gasteiger charge is -2.24. The van der Waals surface area contributed by atoms with Gasteiger partial charge in [0.05, 0.1) is 0 Å². The number of alkyl halides is 1. The summed E-state index contributed by atoms with van der Waals surface area (Å²) in [5.41, 5.74) is 1.25. The monoisotopic (exact) mass is 237 g/mol. The Bertz CT molecular complexity index is 372. The van der Waals surface area contributed by atoms with E-state index in [1.54, 1.807) is 6.07 Å². The van der Waals surface area contributed by atoms with E-state index in [0.717, 1.165) is 24.9 Å². The van der Waals surface area contributed by atoms with E-state index in [1.807, 2.05) is 12.1 Å². The number of nitrogens with one attached hydrogen (secondary N) is 1. The summed E-state index contributed by atoms with van der Waals surface area (Å²) < 4.78 is 13.3. The summed E-state index contributed by atoms with van der Waals surface area (Å²) in [5, 5.41) is 13.5. The molecule has 0 radical (unpaired) electrons. The minimum absolute atomic E-state index is 0.134. The number of phenolic OH excluding ortho intramolecular Hbond substituents is 1. The summed E-state index contributed by atoms with van der Waals surface area (Å²) in [5.74, 6) is 0.134. The lowest BCUT2D eigenvalue weighted by Crippen LogP contribution is -2.35. The Morgan fingerprint density at radius 3 is 2.94 bits per heavy atom. The van der Waals surface area contributed by atoms with Crippen molar-refractivity contribution >= 4 is 0 Å². The molecule has 0 aliphatic carbocycles. The molecule has 2 N–H and O–H groups in total. The van der Waals surface area contributed by atoms with Crippen molar-refractivity contribution in [3.8, 4) is 5.75 Å². The molecule has 0 bridgehead atoms. The van der Waals surface area contributed by atoms with Gasteiger partial charge in [0.1, 0.15) is 11.9 Å². The molecule has 1 aliphatic rings. The van der Waals surface area contributed by atoms with Crippen LogP contribution in [0, 0.1) is 0 Å². The van der Waals surface area contributed by atoms with Crippen LogP contribution < -0.4 is 5.32 Å². The molecule has 1 heterocycles. The maximum Gasteiger partial charge on any atom is 0.126 e. The molecule has 2 rings (SSSR count). The fourth-order valence-corrected chi connectivity index (χ4v) is 2.46. The molecule has 2 nitrogen and oxygen atoms in total. The third-order valence-corrected chi connectivity index (χ3v) is 3.46. The summed E-state index contributed by atoms with van der Waals surface area (Å²) >= 11 is 0. The first kappa shape index (κ1) is 12.4. The number of piperidine rings is 1. The number of hydrogen-bond donors (Lipinski definition) is 2. The molecule has 0 amide bonds. The molecule has 1 saturated heterocycles. The van der Waals surface area contributed by atoms with Gasteiger partial charge >= 0.3 is 0 Å². The molecule has 2 atom stereocenters. The summed E-state index contributed by atoms with van der Waals surface area (Å²) in [6.07, 6.45) is 3.26. The van der Waals surface area contributed by atoms with Crippen LogP contribution in [0.5, 0.6) is 5.75 Å². The molecule has 1 aromatic carbocycles. The molecule has 0 saturated carbocycles. The zero-order valence-corrected chi connectivity index (χ0v) is 10.2. The van der Waals surface area contributed by atoms with Crippen LogP contribution in [0.2, 0.25) is 0 Å². The van der Waals surface area contributed by atoms with E-state index >= 15 is 0 Å². The second kappa shape index (κ2) is 5.50. The lowest BCUT2D eigenvalue weighted by molar-refractivity contribution is 0.351. The topological polar surface area (TPSA) is 32.3 Å². The van der Waals surface area contributed by atoms with Crippen molar-refractivity contribution in [3.63, 3.8) is 0 Å². The average Bonchev–Trinajstić information content (AvgIpc) is 2.33. The molecule has 17 heavy (non-hydrogen) atoms. The molecule has 3 heteroatoms. The van der Waals surface area contributed by atoms with Crippen LogP contribution in [0.1, 0.15) is 43.5 Å². The molecule has 2 unspecified atom stereocenters. The van der Waals surface area contributed by atoms with Crippen LogP contribution in [0.3, 0.4) is 0 Å². The fraction of sp³-hybridized carbons (Fsp3) is 0.571. The number of aromatic hydroxyl groups is 1. The Morgan fingerprint density at radius 1 is 1.47 bits per heavy atom. The first-order valence-electron chi connectivity index (χ1n) is 6.36. The van der Waals surface area contributed by atoms with E-state index in [4.69, 9.17) is 0 Å². The Balaban J connectivity index is 2.12. The molecule has 0 spiro atoms. The van der Waals surface area contributed by atoms with Gasteiger partial charge in [-0.1, -0.05) is 24.6 Å². The zero-order valence-electron chi connectivity index (χ0n) is 10.2. The van der Waals surface area contributed by atoms with Crippen molar-refractivity contribution in [2.75, 3.05) is 6.54 Å². The van der Waals surface area contributed by atoms with Gasteiger partial charge < -0.3 is 10.4 Å². The highest BCUT2D eigenvalue weighted by Crippen LogP contribution is 2.31. The van der Waals surface area contributed by atoms with Crippen molar-refractivity contribution in [2.45, 2.75) is 44.8 Å². The largest absolute Gasteiger partial charge is 0.507 e. The number of benzene rings is 1. The Hall–Kier alpha value is -1.09. The molecule has 1 aromatic rings. The number of hydrogen-bond acceptors (Lipinski definition) is 2. The highest BCUT2D eigenvalue weighted by molar-refractivity contribution is 5.41. The van der Waals surface area contributed by atoms with E-state index in [9.17, 15) is 9.50 Å². The van der Waals surface area contributed by atoms with Gasteiger partial charge in [-0.25, -0.2) is 4.39 Å². The van der Waals surface area contributed by atoms with Crippen molar-refractivity contribution in [2.24, 2.45) is 0 Å². The Morgan fingerprint density at radius 2 is 2.29 bits per heavy atom. The molecule has 1 fully saturated rings. The molecular weight excluding hydrogens is 217 g/mol. The maximum atomic E-state index is 13.3. The summed E-state index contributed by atoms with van der Waals surface area (Å²) in [6, 6.07) is 5.78. The van der Waals surface area contributed by atoms with Gasteiger partial charge in [0.25, 0.3) is 0 Å². The van der Waals surface area contributed by atoms with E-state index in [1.165, 1.54) is 19.8 Å². The van der Waals surface area contributed by atoms with E-state index in [0.29, 0.717) is 11.6 Å². The standard InChI is InChI=1S/C14H20FNO/c1-10(15)13-7-4-5-11(14(13)17)9-12-6-2-3-8-16-12/h4-5,7,10,12,16-17H,2-3,6,8-9H2,1H3. The summed E-state index contributed by atoms with van der Waals surface area (Å²) in [6.45, 7) is 2.50. The minimum atomic E-state index is -1.12. The third-order valence-electron chi connectivity index (χ3n) is 3.46. The van der Waals surface area contributed by atoms with Crippen LogP contribution in [-0.4, -0.2) is 17.7 Å². The minimum Gasteiger partial charge on any atom is -0.507 e. The summed E-state index contributed by atoms with van der Waals surface area (Å²) in [4.78, 5) is 0. The smallest absolute Gasteiger partial charge is 0.126 e. The maximum absolute atomic E-state index is 13.3. The van der Waals surface area contributed by atoms with Gasteiger partial charge in [-0.3, -0.25) is 0 Å². The second-order valence-corrected chi connectivity index (χ2v) is 4.82. The number of phenols is 1. The van der Waals surface area contributed by atoms with Crippen LogP contribution in [-0.2, 0) is 6.42 Å². The van der Waals surface area contributed by atoms with Crippen LogP contribution >= 0.6 is 0 Å². The normalized spacial score (nSPS) is 22.4. The second-order valence-electron chi connectivity index (χ2n) is 4.82. The zero-order chi connectivity index (χ0) is 12.3. The summed E-state index contributed by atoms with van der Waals surface area (Å²) in [7, 11) is 0. The third kappa shape index (κ3) is 2.97. The molecular formula is C14H20FNO. The Kier molecular flexibility index (Phi) is 4.00. The van der Waals surface area contributed by atoms with Gasteiger partial charge in [0.15, 0.2) is 0 Å². The Labute approximate surface area is 102 Å². The van der Waals surface area contributed by atoms with Gasteiger partial charge in [-0.05, 0) is 38.3 Å². The van der Waals surface area contributed by atoms with E-state index < -0.39 is 6.17 Å². The van der Waals surface area contributed by atoms with Gasteiger partial charge in [0.2, 0.25) is 0 Å². The van der Waals surface area contributed by atoms with Crippen molar-refractivity contribution < 1.29 is 9.50 Å². The predicted octanol–water partition coefficient (Wildman–Crippen LogP) is 3.11. The quantitative estimate of drug-likeness (QED) is 0.846. The van der Waals surface area contributed by atoms with Crippen LogP contribution in [0.4, 0.5) is 4.39 Å². The highest BCUT2D eigenvalue weighted by Gasteiger charge is 2.17. The van der Waals surface area contributed by atoms with Crippen molar-refractivity contribution in [3.05, 3.63) is 29.3 Å². The van der Waals surface area contributed by atoms with Gasteiger partial charge in [0, 0.05) is 11.6 Å². The number of para-hydroxylation sites is 1. The van der Waals surface area contributed by atoms with Crippen molar-refractivity contribution in [1.82, 2.24) is 5.32 Å². The van der Waals surface area contributed by atoms with Crippen molar-refractivity contribution in [1.29, 1.82) is 0 Å². The van der Waals surface area contributed by atoms with Gasteiger partial charge in [-0.2, -0.15) is 0 Å². The van der Waals surface area contributed by atoms with E-state index in [-0.39, 0.29) is 5.75 Å². The fourth-order valence-electron chi connectivity index (χ4n) is 2.46. The first-order chi connectivity index (χ1) is 8.18. The predicted molar refractivity (Wildman–Crippen MR) is 67.0 cm³/mol. The number of rotatable bonds is 3. The SMILES string of the molecule is CC(F)c1cccc(CC2CCCCN2)c1O. The molecule has 94 valence electrons. The van der Waals surface area contributed by atoms with Crippen LogP contribution in [0.15, 0.2) is 18.2 Å². The number of halogens is 1. The highest BCUT2D eigenvalue weighted by atomic mass is 19.1. The lowest BCUT2D eigenvalue weighted by atomic mass is 9.95. The van der Waals surface area contributed by atoms with Crippen LogP contribution in [0.25, 0.3) is 0 Å². The molecule has 0 aromatic heterocycles. The average molecular weight is 237 g/mol. The first-order valence-corrected chi connectivity index (χ1v) is 6.36.